The molecule has 1 fully saturated rings. The number of aromatic nitrogens is 2. The van der Waals surface area contributed by atoms with Gasteiger partial charge in [-0.1, -0.05) is 12.1 Å². The molecule has 0 aliphatic carbocycles. The van der Waals surface area contributed by atoms with Crippen LogP contribution in [0.2, 0.25) is 0 Å². The quantitative estimate of drug-likeness (QED) is 0.722. The topological polar surface area (TPSA) is 79.5 Å². The van der Waals surface area contributed by atoms with Gasteiger partial charge in [-0.25, -0.2) is 14.8 Å². The molecule has 138 valence electrons. The van der Waals surface area contributed by atoms with Gasteiger partial charge >= 0.3 is 5.97 Å². The molecule has 2 aromatic heterocycles. The molecule has 1 atom stereocenters. The van der Waals surface area contributed by atoms with Crippen molar-refractivity contribution in [2.45, 2.75) is 19.4 Å². The van der Waals surface area contributed by atoms with Crippen LogP contribution in [0, 0.1) is 5.92 Å². The molecule has 1 aliphatic rings. The van der Waals surface area contributed by atoms with Crippen molar-refractivity contribution in [2.75, 3.05) is 13.1 Å². The van der Waals surface area contributed by atoms with Crippen LogP contribution in [0.3, 0.4) is 0 Å². The zero-order valence-corrected chi connectivity index (χ0v) is 14.9. The number of hydrogen-bond acceptors (Lipinski definition) is 5. The fourth-order valence-electron chi connectivity index (χ4n) is 3.62. The Hall–Kier alpha value is -2.99. The van der Waals surface area contributed by atoms with E-state index in [0.29, 0.717) is 23.1 Å². The molecule has 6 nitrogen and oxygen atoms in total. The maximum atomic E-state index is 11.1. The van der Waals surface area contributed by atoms with Crippen LogP contribution in [0.15, 0.2) is 59.5 Å². The summed E-state index contributed by atoms with van der Waals surface area (Å²) in [4.78, 5) is 22.3. The molecule has 0 amide bonds. The van der Waals surface area contributed by atoms with E-state index in [1.54, 1.807) is 18.4 Å². The standard InChI is InChI=1S/C21H21N3O3/c25-21(26)18-4-1-3-15(10-18)9-16-6-7-24(13-16)14-17-11-22-20(23-12-17)19-5-2-8-27-19/h1-5,8,10-12,16H,6-7,9,13-14H2,(H,25,26). The zero-order chi connectivity index (χ0) is 18.6. The SMILES string of the molecule is O=C(O)c1cccc(CC2CCN(Cc3cnc(-c4ccco4)nc3)C2)c1. The van der Waals surface area contributed by atoms with E-state index in [1.165, 1.54) is 0 Å². The third kappa shape index (κ3) is 4.23. The molecule has 0 radical (unpaired) electrons. The molecule has 0 spiro atoms. The second-order valence-electron chi connectivity index (χ2n) is 6.99. The van der Waals surface area contributed by atoms with Crippen molar-refractivity contribution in [3.05, 3.63) is 71.7 Å². The smallest absolute Gasteiger partial charge is 0.335 e. The van der Waals surface area contributed by atoms with Crippen LogP contribution >= 0.6 is 0 Å². The van der Waals surface area contributed by atoms with Crippen molar-refractivity contribution in [3.8, 4) is 11.6 Å². The third-order valence-corrected chi connectivity index (χ3v) is 4.92. The normalized spacial score (nSPS) is 17.3. The fourth-order valence-corrected chi connectivity index (χ4v) is 3.62. The number of rotatable bonds is 6. The van der Waals surface area contributed by atoms with Crippen molar-refractivity contribution in [1.29, 1.82) is 0 Å². The summed E-state index contributed by atoms with van der Waals surface area (Å²) in [6.45, 7) is 2.85. The van der Waals surface area contributed by atoms with E-state index >= 15 is 0 Å². The summed E-state index contributed by atoms with van der Waals surface area (Å²) in [5.41, 5.74) is 2.53. The summed E-state index contributed by atoms with van der Waals surface area (Å²) in [5.74, 6) is 0.938. The maximum absolute atomic E-state index is 11.1. The van der Waals surface area contributed by atoms with Gasteiger partial charge in [0.15, 0.2) is 11.6 Å². The molecule has 6 heteroatoms. The minimum Gasteiger partial charge on any atom is -0.478 e. The fraction of sp³-hybridized carbons (Fsp3) is 0.286. The molecule has 4 rings (SSSR count). The monoisotopic (exact) mass is 363 g/mol. The number of carboxylic acids is 1. The van der Waals surface area contributed by atoms with E-state index in [9.17, 15) is 4.79 Å². The first kappa shape index (κ1) is 17.4. The van der Waals surface area contributed by atoms with Gasteiger partial charge < -0.3 is 9.52 Å². The second-order valence-corrected chi connectivity index (χ2v) is 6.99. The van der Waals surface area contributed by atoms with Gasteiger partial charge in [0.05, 0.1) is 11.8 Å². The molecular weight excluding hydrogens is 342 g/mol. The van der Waals surface area contributed by atoms with Gasteiger partial charge in [-0.3, -0.25) is 4.90 Å². The van der Waals surface area contributed by atoms with E-state index in [1.807, 2.05) is 36.7 Å². The Balaban J connectivity index is 1.33. The summed E-state index contributed by atoms with van der Waals surface area (Å²) in [5, 5.41) is 9.13. The number of benzene rings is 1. The van der Waals surface area contributed by atoms with Crippen molar-refractivity contribution >= 4 is 5.97 Å². The molecule has 0 saturated carbocycles. The lowest BCUT2D eigenvalue weighted by atomic mass is 9.97. The summed E-state index contributed by atoms with van der Waals surface area (Å²) in [6, 6.07) is 10.9. The van der Waals surface area contributed by atoms with Crippen LogP contribution in [0.4, 0.5) is 0 Å². The summed E-state index contributed by atoms with van der Waals surface area (Å²) < 4.78 is 5.31. The predicted octanol–water partition coefficient (Wildman–Crippen LogP) is 3.50. The molecule has 1 aliphatic heterocycles. The summed E-state index contributed by atoms with van der Waals surface area (Å²) in [6.07, 6.45) is 7.35. The van der Waals surface area contributed by atoms with E-state index in [2.05, 4.69) is 14.9 Å². The highest BCUT2D eigenvalue weighted by molar-refractivity contribution is 5.87. The van der Waals surface area contributed by atoms with E-state index in [4.69, 9.17) is 9.52 Å². The van der Waals surface area contributed by atoms with Gasteiger partial charge in [0, 0.05) is 31.0 Å². The molecule has 1 saturated heterocycles. The van der Waals surface area contributed by atoms with Crippen molar-refractivity contribution in [2.24, 2.45) is 5.92 Å². The van der Waals surface area contributed by atoms with Gasteiger partial charge in [0.25, 0.3) is 0 Å². The van der Waals surface area contributed by atoms with Gasteiger partial charge in [0.2, 0.25) is 0 Å². The molecule has 27 heavy (non-hydrogen) atoms. The first-order chi connectivity index (χ1) is 13.2. The lowest BCUT2D eigenvalue weighted by molar-refractivity contribution is 0.0696. The second kappa shape index (κ2) is 7.72. The number of likely N-dealkylation sites (tertiary alicyclic amines) is 1. The van der Waals surface area contributed by atoms with Crippen LogP contribution < -0.4 is 0 Å². The van der Waals surface area contributed by atoms with Gasteiger partial charge in [-0.05, 0) is 55.1 Å². The molecular formula is C21H21N3O3. The van der Waals surface area contributed by atoms with Crippen LogP contribution in [0.1, 0.15) is 27.9 Å². The Bertz CT molecular complexity index is 907. The number of carbonyl (C=O) groups is 1. The summed E-state index contributed by atoms with van der Waals surface area (Å²) >= 11 is 0. The molecule has 3 aromatic rings. The number of nitrogens with zero attached hydrogens (tertiary/aromatic N) is 3. The molecule has 1 aromatic carbocycles. The zero-order valence-electron chi connectivity index (χ0n) is 14.9. The van der Waals surface area contributed by atoms with Crippen LogP contribution in [0.25, 0.3) is 11.6 Å². The first-order valence-electron chi connectivity index (χ1n) is 9.07. The molecule has 3 heterocycles. The highest BCUT2D eigenvalue weighted by Crippen LogP contribution is 2.23. The number of carboxylic acid groups (broad SMARTS) is 1. The molecule has 1 N–H and O–H groups in total. The van der Waals surface area contributed by atoms with E-state index < -0.39 is 5.97 Å². The van der Waals surface area contributed by atoms with E-state index in [-0.39, 0.29) is 0 Å². The minimum absolute atomic E-state index is 0.358. The Kier molecular flexibility index (Phi) is 4.98. The average Bonchev–Trinajstić information content (AvgIpc) is 3.35. The molecule has 1 unspecified atom stereocenters. The minimum atomic E-state index is -0.872. The maximum Gasteiger partial charge on any atom is 0.335 e. The lowest BCUT2D eigenvalue weighted by Crippen LogP contribution is -2.21. The Morgan fingerprint density at radius 2 is 2.04 bits per heavy atom. The number of furan rings is 1. The Morgan fingerprint density at radius 3 is 2.78 bits per heavy atom. The Morgan fingerprint density at radius 1 is 1.19 bits per heavy atom. The van der Waals surface area contributed by atoms with Crippen molar-refractivity contribution in [3.63, 3.8) is 0 Å². The first-order valence-corrected chi connectivity index (χ1v) is 9.07. The Labute approximate surface area is 157 Å². The van der Waals surface area contributed by atoms with E-state index in [0.717, 1.165) is 43.6 Å². The average molecular weight is 363 g/mol. The third-order valence-electron chi connectivity index (χ3n) is 4.92. The van der Waals surface area contributed by atoms with Crippen LogP contribution in [-0.2, 0) is 13.0 Å². The number of aromatic carboxylic acids is 1. The van der Waals surface area contributed by atoms with Crippen molar-refractivity contribution in [1.82, 2.24) is 14.9 Å². The van der Waals surface area contributed by atoms with Gasteiger partial charge in [-0.15, -0.1) is 0 Å². The predicted molar refractivity (Wildman–Crippen MR) is 100 cm³/mol. The van der Waals surface area contributed by atoms with Crippen LogP contribution in [-0.4, -0.2) is 39.0 Å². The van der Waals surface area contributed by atoms with Crippen LogP contribution in [0.5, 0.6) is 0 Å². The highest BCUT2D eigenvalue weighted by Gasteiger charge is 2.23. The highest BCUT2D eigenvalue weighted by atomic mass is 16.4. The molecule has 0 bridgehead atoms. The largest absolute Gasteiger partial charge is 0.478 e. The van der Waals surface area contributed by atoms with Crippen molar-refractivity contribution < 1.29 is 14.3 Å². The lowest BCUT2D eigenvalue weighted by Gasteiger charge is -2.16. The number of hydrogen-bond donors (Lipinski definition) is 1. The van der Waals surface area contributed by atoms with Gasteiger partial charge in [-0.2, -0.15) is 0 Å². The van der Waals surface area contributed by atoms with Gasteiger partial charge in [0.1, 0.15) is 0 Å². The summed E-state index contributed by atoms with van der Waals surface area (Å²) in [7, 11) is 0.